The van der Waals surface area contributed by atoms with Crippen molar-refractivity contribution in [3.8, 4) is 0 Å². The number of amides is 1. The van der Waals surface area contributed by atoms with Crippen LogP contribution in [0.4, 0.5) is 13.6 Å². The van der Waals surface area contributed by atoms with Crippen molar-refractivity contribution < 1.29 is 18.3 Å². The molecular formula is C14H17F2NO2. The van der Waals surface area contributed by atoms with E-state index in [4.69, 9.17) is 4.74 Å². The number of alkyl carbamates (subject to hydrolysis) is 1. The maximum absolute atomic E-state index is 13.5. The van der Waals surface area contributed by atoms with Crippen molar-refractivity contribution in [2.75, 3.05) is 0 Å². The van der Waals surface area contributed by atoms with Gasteiger partial charge in [0.15, 0.2) is 0 Å². The van der Waals surface area contributed by atoms with Gasteiger partial charge < -0.3 is 10.1 Å². The summed E-state index contributed by atoms with van der Waals surface area (Å²) in [6, 6.07) is 8.01. The third kappa shape index (κ3) is 3.91. The zero-order valence-electron chi connectivity index (χ0n) is 10.6. The summed E-state index contributed by atoms with van der Waals surface area (Å²) in [5.74, 6) is -2.83. The zero-order valence-corrected chi connectivity index (χ0v) is 10.6. The van der Waals surface area contributed by atoms with Crippen LogP contribution in [0.2, 0.25) is 0 Å². The van der Waals surface area contributed by atoms with Crippen LogP contribution in [0.25, 0.3) is 0 Å². The second-order valence-electron chi connectivity index (χ2n) is 4.77. The Hall–Kier alpha value is -1.65. The molecule has 0 unspecified atom stereocenters. The Morgan fingerprint density at radius 3 is 2.74 bits per heavy atom. The molecule has 0 bridgehead atoms. The molecule has 0 radical (unpaired) electrons. The number of ether oxygens (including phenoxy) is 1. The molecule has 0 aliphatic heterocycles. The summed E-state index contributed by atoms with van der Waals surface area (Å²) >= 11 is 0. The van der Waals surface area contributed by atoms with E-state index in [0.717, 1.165) is 5.56 Å². The monoisotopic (exact) mass is 269 g/mol. The topological polar surface area (TPSA) is 38.3 Å². The smallest absolute Gasteiger partial charge is 0.407 e. The molecule has 2 rings (SSSR count). The number of nitrogens with one attached hydrogen (secondary N) is 1. The Labute approximate surface area is 111 Å². The molecule has 5 heteroatoms. The first-order valence-electron chi connectivity index (χ1n) is 6.43. The number of halogens is 2. The first kappa shape index (κ1) is 13.8. The summed E-state index contributed by atoms with van der Waals surface area (Å²) in [6.45, 7) is 0.0883. The molecule has 0 heterocycles. The van der Waals surface area contributed by atoms with E-state index in [-0.39, 0.29) is 13.0 Å². The molecule has 1 N–H and O–H groups in total. The predicted octanol–water partition coefficient (Wildman–Crippen LogP) is 3.49. The molecule has 1 fully saturated rings. The van der Waals surface area contributed by atoms with E-state index < -0.39 is 18.1 Å². The standard InChI is InChI=1S/C14H17F2NO2/c15-14(16)9-5-4-8-12(14)17-13(18)19-10-11-6-2-1-3-7-11/h1-3,6-7,12H,4-5,8-10H2,(H,17,18)/t12-/m0/s1. The molecular weight excluding hydrogens is 252 g/mol. The number of benzene rings is 1. The van der Waals surface area contributed by atoms with Crippen LogP contribution < -0.4 is 5.32 Å². The zero-order chi connectivity index (χ0) is 13.7. The van der Waals surface area contributed by atoms with Crippen molar-refractivity contribution >= 4 is 6.09 Å². The van der Waals surface area contributed by atoms with Gasteiger partial charge in [0.05, 0.1) is 6.04 Å². The molecule has 1 atom stereocenters. The molecule has 1 aliphatic carbocycles. The van der Waals surface area contributed by atoms with Gasteiger partial charge in [-0.2, -0.15) is 0 Å². The highest BCUT2D eigenvalue weighted by molar-refractivity contribution is 5.67. The first-order valence-corrected chi connectivity index (χ1v) is 6.43. The highest BCUT2D eigenvalue weighted by atomic mass is 19.3. The number of alkyl halides is 2. The highest BCUT2D eigenvalue weighted by Crippen LogP contribution is 2.33. The Bertz CT molecular complexity index is 423. The van der Waals surface area contributed by atoms with Gasteiger partial charge in [-0.3, -0.25) is 0 Å². The summed E-state index contributed by atoms with van der Waals surface area (Å²) in [6.07, 6.45) is 0.559. The summed E-state index contributed by atoms with van der Waals surface area (Å²) in [7, 11) is 0. The summed E-state index contributed by atoms with van der Waals surface area (Å²) in [5, 5.41) is 2.27. The molecule has 1 amide bonds. The minimum absolute atomic E-state index is 0.0883. The second kappa shape index (κ2) is 5.99. The third-order valence-corrected chi connectivity index (χ3v) is 3.27. The fourth-order valence-corrected chi connectivity index (χ4v) is 2.18. The lowest BCUT2D eigenvalue weighted by molar-refractivity contribution is -0.0626. The van der Waals surface area contributed by atoms with E-state index in [9.17, 15) is 13.6 Å². The average molecular weight is 269 g/mol. The van der Waals surface area contributed by atoms with Crippen molar-refractivity contribution in [2.45, 2.75) is 44.3 Å². The number of hydrogen-bond acceptors (Lipinski definition) is 2. The van der Waals surface area contributed by atoms with Crippen molar-refractivity contribution in [1.82, 2.24) is 5.32 Å². The van der Waals surface area contributed by atoms with Gasteiger partial charge in [0, 0.05) is 6.42 Å². The van der Waals surface area contributed by atoms with E-state index in [1.54, 1.807) is 0 Å². The van der Waals surface area contributed by atoms with Crippen molar-refractivity contribution in [2.24, 2.45) is 0 Å². The Morgan fingerprint density at radius 2 is 2.05 bits per heavy atom. The van der Waals surface area contributed by atoms with Crippen molar-refractivity contribution in [3.63, 3.8) is 0 Å². The first-order chi connectivity index (χ1) is 9.08. The Morgan fingerprint density at radius 1 is 1.32 bits per heavy atom. The van der Waals surface area contributed by atoms with Gasteiger partial charge in [-0.25, -0.2) is 13.6 Å². The normalized spacial score (nSPS) is 21.7. The number of rotatable bonds is 3. The van der Waals surface area contributed by atoms with Crippen LogP contribution >= 0.6 is 0 Å². The molecule has 1 aromatic carbocycles. The Balaban J connectivity index is 1.81. The van der Waals surface area contributed by atoms with E-state index >= 15 is 0 Å². The maximum Gasteiger partial charge on any atom is 0.407 e. The van der Waals surface area contributed by atoms with Crippen LogP contribution in [0.5, 0.6) is 0 Å². The van der Waals surface area contributed by atoms with E-state index in [0.29, 0.717) is 19.3 Å². The molecule has 3 nitrogen and oxygen atoms in total. The van der Waals surface area contributed by atoms with Crippen LogP contribution in [0.15, 0.2) is 30.3 Å². The predicted molar refractivity (Wildman–Crippen MR) is 67.0 cm³/mol. The molecule has 0 spiro atoms. The average Bonchev–Trinajstić information content (AvgIpc) is 2.40. The Kier molecular flexibility index (Phi) is 4.35. The van der Waals surface area contributed by atoms with Gasteiger partial charge in [-0.05, 0) is 18.4 Å². The lowest BCUT2D eigenvalue weighted by Gasteiger charge is -2.31. The van der Waals surface area contributed by atoms with Crippen LogP contribution in [0.1, 0.15) is 31.2 Å². The van der Waals surface area contributed by atoms with Gasteiger partial charge in [0.25, 0.3) is 5.92 Å². The van der Waals surface area contributed by atoms with Crippen molar-refractivity contribution in [1.29, 1.82) is 0 Å². The number of carbonyl (C=O) groups excluding carboxylic acids is 1. The summed E-state index contributed by atoms with van der Waals surface area (Å²) < 4.78 is 32.0. The molecule has 1 aliphatic rings. The van der Waals surface area contributed by atoms with Gasteiger partial charge in [0.2, 0.25) is 0 Å². The molecule has 104 valence electrons. The quantitative estimate of drug-likeness (QED) is 0.912. The van der Waals surface area contributed by atoms with Gasteiger partial charge in [-0.15, -0.1) is 0 Å². The lowest BCUT2D eigenvalue weighted by Crippen LogP contribution is -2.49. The van der Waals surface area contributed by atoms with Crippen LogP contribution in [-0.4, -0.2) is 18.1 Å². The SMILES string of the molecule is O=C(N[C@H]1CCCCC1(F)F)OCc1ccccc1. The lowest BCUT2D eigenvalue weighted by atomic mass is 9.92. The van der Waals surface area contributed by atoms with Crippen LogP contribution in [0, 0.1) is 0 Å². The van der Waals surface area contributed by atoms with Gasteiger partial charge >= 0.3 is 6.09 Å². The fraction of sp³-hybridized carbons (Fsp3) is 0.500. The van der Waals surface area contributed by atoms with Gasteiger partial charge in [0.1, 0.15) is 6.61 Å². The van der Waals surface area contributed by atoms with Crippen LogP contribution in [0.3, 0.4) is 0 Å². The number of carbonyl (C=O) groups is 1. The summed E-state index contributed by atoms with van der Waals surface area (Å²) in [4.78, 5) is 11.5. The third-order valence-electron chi connectivity index (χ3n) is 3.27. The van der Waals surface area contributed by atoms with E-state index in [1.807, 2.05) is 30.3 Å². The van der Waals surface area contributed by atoms with Gasteiger partial charge in [-0.1, -0.05) is 36.8 Å². The fourth-order valence-electron chi connectivity index (χ4n) is 2.18. The van der Waals surface area contributed by atoms with Crippen LogP contribution in [-0.2, 0) is 11.3 Å². The van der Waals surface area contributed by atoms with E-state index in [1.165, 1.54) is 0 Å². The highest BCUT2D eigenvalue weighted by Gasteiger charge is 2.42. The molecule has 1 aromatic rings. The molecule has 1 saturated carbocycles. The second-order valence-corrected chi connectivity index (χ2v) is 4.77. The number of hydrogen-bond donors (Lipinski definition) is 1. The summed E-state index contributed by atoms with van der Waals surface area (Å²) in [5.41, 5.74) is 0.827. The van der Waals surface area contributed by atoms with E-state index in [2.05, 4.69) is 5.32 Å². The maximum atomic E-state index is 13.5. The minimum Gasteiger partial charge on any atom is -0.445 e. The van der Waals surface area contributed by atoms with Crippen molar-refractivity contribution in [3.05, 3.63) is 35.9 Å². The molecule has 0 saturated heterocycles. The molecule has 0 aromatic heterocycles. The molecule has 19 heavy (non-hydrogen) atoms. The minimum atomic E-state index is -2.83. The largest absolute Gasteiger partial charge is 0.445 e.